The van der Waals surface area contributed by atoms with Crippen LogP contribution >= 0.6 is 0 Å². The standard InChI is InChI=1S/C19H34N4O2/c1-2-3-4-5-6-7-8-9-10-11-12-13-14-15-17(24)23-16-21-19(22-23)18(20)25/h16H,2-15H2,1H3,(H2,20,25). The molecule has 0 aromatic carbocycles. The third-order valence-corrected chi connectivity index (χ3v) is 4.46. The summed E-state index contributed by atoms with van der Waals surface area (Å²) in [6.07, 6.45) is 18.3. The lowest BCUT2D eigenvalue weighted by atomic mass is 10.0. The number of amides is 1. The number of unbranched alkanes of at least 4 members (excludes halogenated alkanes) is 12. The zero-order valence-corrected chi connectivity index (χ0v) is 15.7. The number of hydrogen-bond acceptors (Lipinski definition) is 4. The highest BCUT2D eigenvalue weighted by molar-refractivity contribution is 5.89. The predicted molar refractivity (Wildman–Crippen MR) is 99.5 cm³/mol. The summed E-state index contributed by atoms with van der Waals surface area (Å²) in [5.74, 6) is -0.964. The Morgan fingerprint density at radius 1 is 0.880 bits per heavy atom. The van der Waals surface area contributed by atoms with Gasteiger partial charge in [0.15, 0.2) is 0 Å². The molecule has 6 heteroatoms. The van der Waals surface area contributed by atoms with Crippen molar-refractivity contribution >= 4 is 11.8 Å². The van der Waals surface area contributed by atoms with Crippen LogP contribution in [-0.2, 0) is 0 Å². The number of carbonyl (C=O) groups is 2. The van der Waals surface area contributed by atoms with Crippen LogP contribution in [0.1, 0.15) is 112 Å². The minimum Gasteiger partial charge on any atom is -0.363 e. The van der Waals surface area contributed by atoms with E-state index in [0.29, 0.717) is 6.42 Å². The normalized spacial score (nSPS) is 10.9. The van der Waals surface area contributed by atoms with Crippen LogP contribution < -0.4 is 5.73 Å². The summed E-state index contributed by atoms with van der Waals surface area (Å²) in [4.78, 5) is 26.5. The second kappa shape index (κ2) is 13.6. The summed E-state index contributed by atoms with van der Waals surface area (Å²) in [5.41, 5.74) is 5.06. The van der Waals surface area contributed by atoms with Crippen molar-refractivity contribution in [3.63, 3.8) is 0 Å². The topological polar surface area (TPSA) is 90.9 Å². The predicted octanol–water partition coefficient (Wildman–Crippen LogP) is 4.50. The lowest BCUT2D eigenvalue weighted by molar-refractivity contribution is 0.0882. The van der Waals surface area contributed by atoms with E-state index in [-0.39, 0.29) is 11.7 Å². The Labute approximate surface area is 151 Å². The van der Waals surface area contributed by atoms with Crippen molar-refractivity contribution in [2.24, 2.45) is 5.73 Å². The van der Waals surface area contributed by atoms with Gasteiger partial charge in [0.05, 0.1) is 0 Å². The van der Waals surface area contributed by atoms with Gasteiger partial charge in [0, 0.05) is 6.42 Å². The maximum Gasteiger partial charge on any atom is 0.288 e. The smallest absolute Gasteiger partial charge is 0.288 e. The highest BCUT2D eigenvalue weighted by Crippen LogP contribution is 2.13. The first-order valence-corrected chi connectivity index (χ1v) is 9.89. The molecule has 0 aliphatic heterocycles. The van der Waals surface area contributed by atoms with Crippen LogP contribution in [0.3, 0.4) is 0 Å². The molecule has 6 nitrogen and oxygen atoms in total. The van der Waals surface area contributed by atoms with Gasteiger partial charge in [0.25, 0.3) is 5.91 Å². The Morgan fingerprint density at radius 3 is 1.80 bits per heavy atom. The van der Waals surface area contributed by atoms with Gasteiger partial charge in [-0.25, -0.2) is 4.98 Å². The molecule has 25 heavy (non-hydrogen) atoms. The molecule has 1 amide bonds. The van der Waals surface area contributed by atoms with Crippen LogP contribution in [0.25, 0.3) is 0 Å². The molecule has 1 aromatic rings. The van der Waals surface area contributed by atoms with E-state index in [1.807, 2.05) is 0 Å². The highest BCUT2D eigenvalue weighted by atomic mass is 16.2. The van der Waals surface area contributed by atoms with Crippen LogP contribution in [0.4, 0.5) is 0 Å². The van der Waals surface area contributed by atoms with Crippen molar-refractivity contribution in [2.75, 3.05) is 0 Å². The van der Waals surface area contributed by atoms with E-state index >= 15 is 0 Å². The molecule has 0 aliphatic rings. The van der Waals surface area contributed by atoms with Gasteiger partial charge in [0.1, 0.15) is 6.33 Å². The van der Waals surface area contributed by atoms with E-state index in [9.17, 15) is 9.59 Å². The largest absolute Gasteiger partial charge is 0.363 e. The molecule has 0 spiro atoms. The first kappa shape index (κ1) is 21.3. The third kappa shape index (κ3) is 9.99. The van der Waals surface area contributed by atoms with Gasteiger partial charge in [0.2, 0.25) is 11.7 Å². The summed E-state index contributed by atoms with van der Waals surface area (Å²) in [6.45, 7) is 2.25. The van der Waals surface area contributed by atoms with Crippen LogP contribution in [0, 0.1) is 0 Å². The van der Waals surface area contributed by atoms with Gasteiger partial charge in [-0.1, -0.05) is 84.0 Å². The van der Waals surface area contributed by atoms with E-state index in [2.05, 4.69) is 17.0 Å². The SMILES string of the molecule is CCCCCCCCCCCCCCCC(=O)n1cnc(C(N)=O)n1. The fourth-order valence-electron chi connectivity index (χ4n) is 2.90. The number of carbonyl (C=O) groups excluding carboxylic acids is 2. The zero-order valence-electron chi connectivity index (χ0n) is 15.7. The lowest BCUT2D eigenvalue weighted by Crippen LogP contribution is -2.16. The van der Waals surface area contributed by atoms with Gasteiger partial charge in [-0.2, -0.15) is 4.68 Å². The van der Waals surface area contributed by atoms with Crippen LogP contribution in [0.5, 0.6) is 0 Å². The van der Waals surface area contributed by atoms with Crippen molar-refractivity contribution in [3.05, 3.63) is 12.2 Å². The van der Waals surface area contributed by atoms with E-state index in [0.717, 1.165) is 17.5 Å². The molecule has 0 atom stereocenters. The average Bonchev–Trinajstić information content (AvgIpc) is 3.09. The van der Waals surface area contributed by atoms with Crippen LogP contribution in [0.15, 0.2) is 6.33 Å². The molecule has 0 bridgehead atoms. The van der Waals surface area contributed by atoms with E-state index in [1.165, 1.54) is 77.0 Å². The van der Waals surface area contributed by atoms with Crippen molar-refractivity contribution < 1.29 is 9.59 Å². The second-order valence-electron chi connectivity index (χ2n) is 6.76. The molecule has 0 saturated carbocycles. The van der Waals surface area contributed by atoms with Crippen molar-refractivity contribution in [1.82, 2.24) is 14.8 Å². The Hall–Kier alpha value is -1.72. The first-order valence-electron chi connectivity index (χ1n) is 9.89. The maximum absolute atomic E-state index is 11.9. The van der Waals surface area contributed by atoms with E-state index < -0.39 is 5.91 Å². The molecule has 142 valence electrons. The van der Waals surface area contributed by atoms with Crippen molar-refractivity contribution in [1.29, 1.82) is 0 Å². The average molecular weight is 351 g/mol. The molecular formula is C19H34N4O2. The molecule has 2 N–H and O–H groups in total. The number of aromatic nitrogens is 3. The number of nitrogens with zero attached hydrogens (tertiary/aromatic N) is 3. The van der Waals surface area contributed by atoms with Crippen LogP contribution in [-0.4, -0.2) is 26.6 Å². The Bertz CT molecular complexity index is 499. The minimum atomic E-state index is -0.715. The minimum absolute atomic E-state index is 0.112. The van der Waals surface area contributed by atoms with E-state index in [1.54, 1.807) is 0 Å². The fraction of sp³-hybridized carbons (Fsp3) is 0.789. The Kier molecular flexibility index (Phi) is 11.6. The lowest BCUT2D eigenvalue weighted by Gasteiger charge is -2.03. The number of primary amides is 1. The molecule has 0 radical (unpaired) electrons. The highest BCUT2D eigenvalue weighted by Gasteiger charge is 2.11. The second-order valence-corrected chi connectivity index (χ2v) is 6.76. The summed E-state index contributed by atoms with van der Waals surface area (Å²) in [6, 6.07) is 0. The summed E-state index contributed by atoms with van der Waals surface area (Å²) in [7, 11) is 0. The number of rotatable bonds is 15. The number of nitrogens with two attached hydrogens (primary N) is 1. The number of hydrogen-bond donors (Lipinski definition) is 1. The molecule has 1 heterocycles. The molecule has 0 aliphatic carbocycles. The maximum atomic E-state index is 11.9. The fourth-order valence-corrected chi connectivity index (χ4v) is 2.90. The Morgan fingerprint density at radius 2 is 1.36 bits per heavy atom. The molecule has 1 aromatic heterocycles. The third-order valence-electron chi connectivity index (χ3n) is 4.46. The summed E-state index contributed by atoms with van der Waals surface area (Å²) in [5, 5.41) is 3.77. The van der Waals surface area contributed by atoms with Gasteiger partial charge >= 0.3 is 0 Å². The molecule has 0 saturated heterocycles. The Balaban J connectivity index is 1.91. The first-order chi connectivity index (χ1) is 12.1. The van der Waals surface area contributed by atoms with Gasteiger partial charge in [-0.05, 0) is 6.42 Å². The molecular weight excluding hydrogens is 316 g/mol. The van der Waals surface area contributed by atoms with Crippen LogP contribution in [0.2, 0.25) is 0 Å². The van der Waals surface area contributed by atoms with Crippen molar-refractivity contribution in [2.45, 2.75) is 96.8 Å². The van der Waals surface area contributed by atoms with Crippen molar-refractivity contribution in [3.8, 4) is 0 Å². The summed E-state index contributed by atoms with van der Waals surface area (Å²) < 4.78 is 1.11. The van der Waals surface area contributed by atoms with Gasteiger partial charge < -0.3 is 5.73 Å². The molecule has 0 unspecified atom stereocenters. The molecule has 0 fully saturated rings. The monoisotopic (exact) mass is 350 g/mol. The quantitative estimate of drug-likeness (QED) is 0.471. The van der Waals surface area contributed by atoms with Gasteiger partial charge in [-0.15, -0.1) is 5.10 Å². The van der Waals surface area contributed by atoms with Gasteiger partial charge in [-0.3, -0.25) is 9.59 Å². The molecule has 1 rings (SSSR count). The summed E-state index contributed by atoms with van der Waals surface area (Å²) >= 11 is 0. The van der Waals surface area contributed by atoms with E-state index in [4.69, 9.17) is 5.73 Å². The zero-order chi connectivity index (χ0) is 18.3.